The Morgan fingerprint density at radius 1 is 1.39 bits per heavy atom. The van der Waals surface area contributed by atoms with Crippen molar-refractivity contribution in [3.8, 4) is 5.75 Å². The summed E-state index contributed by atoms with van der Waals surface area (Å²) in [6.45, 7) is 0.853. The molecule has 18 heavy (non-hydrogen) atoms. The minimum atomic E-state index is -1.92. The van der Waals surface area contributed by atoms with Crippen molar-refractivity contribution in [3.63, 3.8) is 0 Å². The minimum absolute atomic E-state index is 0.335. The van der Waals surface area contributed by atoms with Crippen LogP contribution in [0.2, 0.25) is 0 Å². The summed E-state index contributed by atoms with van der Waals surface area (Å²) in [7, 11) is 0. The van der Waals surface area contributed by atoms with Gasteiger partial charge in [0, 0.05) is 11.6 Å². The molecule has 2 N–H and O–H groups in total. The number of carboxylic acid groups (broad SMARTS) is 1. The third-order valence-electron chi connectivity index (χ3n) is 2.57. The van der Waals surface area contributed by atoms with Crippen LogP contribution >= 0.6 is 0 Å². The van der Waals surface area contributed by atoms with E-state index in [1.807, 2.05) is 12.1 Å². The maximum absolute atomic E-state index is 10.8. The van der Waals surface area contributed by atoms with Crippen molar-refractivity contribution in [2.24, 2.45) is 0 Å². The lowest BCUT2D eigenvalue weighted by atomic mass is 10.1. The zero-order valence-electron chi connectivity index (χ0n) is 9.83. The summed E-state index contributed by atoms with van der Waals surface area (Å²) in [5, 5.41) is 19.3. The molecule has 1 aromatic heterocycles. The van der Waals surface area contributed by atoms with Gasteiger partial charge < -0.3 is 14.9 Å². The van der Waals surface area contributed by atoms with Crippen molar-refractivity contribution < 1.29 is 19.7 Å². The second kappa shape index (κ2) is 4.62. The van der Waals surface area contributed by atoms with Crippen LogP contribution in [-0.2, 0) is 4.79 Å². The molecule has 2 rings (SSSR count). The Hall–Kier alpha value is -2.14. The molecule has 0 aliphatic carbocycles. The predicted octanol–water partition coefficient (Wildman–Crippen LogP) is 1.45. The number of fused-ring (bicyclic) bond motifs is 1. The highest BCUT2D eigenvalue weighted by atomic mass is 16.5. The van der Waals surface area contributed by atoms with Crippen LogP contribution in [0.5, 0.6) is 5.75 Å². The molecule has 94 valence electrons. The average Bonchev–Trinajstić information content (AvgIpc) is 2.36. The van der Waals surface area contributed by atoms with Crippen LogP contribution in [0.4, 0.5) is 0 Å². The van der Waals surface area contributed by atoms with Crippen LogP contribution in [-0.4, -0.2) is 33.4 Å². The molecule has 1 atom stereocenters. The van der Waals surface area contributed by atoms with Gasteiger partial charge in [0.1, 0.15) is 17.9 Å². The molecule has 0 amide bonds. The molecule has 1 heterocycles. The third kappa shape index (κ3) is 2.41. The van der Waals surface area contributed by atoms with Gasteiger partial charge >= 0.3 is 5.97 Å². The maximum Gasteiger partial charge on any atom is 0.339 e. The summed E-state index contributed by atoms with van der Waals surface area (Å²) in [6, 6.07) is 9.04. The van der Waals surface area contributed by atoms with E-state index in [0.717, 1.165) is 5.39 Å². The minimum Gasteiger partial charge on any atom is -0.488 e. The highest BCUT2D eigenvalue weighted by Crippen LogP contribution is 2.23. The molecule has 0 fully saturated rings. The number of aliphatic hydroxyl groups is 1. The largest absolute Gasteiger partial charge is 0.488 e. The lowest BCUT2D eigenvalue weighted by Gasteiger charge is -2.18. The number of aromatic nitrogens is 1. The summed E-state index contributed by atoms with van der Waals surface area (Å²) in [4.78, 5) is 14.9. The SMILES string of the molecule is CC(O)(COc1cccc2cccnc12)C(=O)O. The van der Waals surface area contributed by atoms with Crippen LogP contribution in [0, 0.1) is 0 Å². The van der Waals surface area contributed by atoms with Gasteiger partial charge in [0.15, 0.2) is 5.60 Å². The first-order valence-corrected chi connectivity index (χ1v) is 5.43. The number of aliphatic carboxylic acids is 1. The van der Waals surface area contributed by atoms with Gasteiger partial charge in [-0.05, 0) is 19.1 Å². The number of hydrogen-bond acceptors (Lipinski definition) is 4. The van der Waals surface area contributed by atoms with Gasteiger partial charge in [-0.25, -0.2) is 4.79 Å². The smallest absolute Gasteiger partial charge is 0.339 e. The molecular weight excluding hydrogens is 234 g/mol. The molecule has 5 nitrogen and oxygen atoms in total. The van der Waals surface area contributed by atoms with Gasteiger partial charge in [0.25, 0.3) is 0 Å². The number of pyridine rings is 1. The second-order valence-electron chi connectivity index (χ2n) is 4.20. The van der Waals surface area contributed by atoms with Crippen molar-refractivity contribution in [2.45, 2.75) is 12.5 Å². The Kier molecular flexibility index (Phi) is 3.16. The van der Waals surface area contributed by atoms with E-state index < -0.39 is 11.6 Å². The monoisotopic (exact) mass is 247 g/mol. The molecular formula is C13H13NO4. The molecule has 0 aliphatic heterocycles. The first kappa shape index (κ1) is 12.3. The Balaban J connectivity index is 2.25. The Bertz CT molecular complexity index is 575. The van der Waals surface area contributed by atoms with E-state index in [2.05, 4.69) is 4.98 Å². The summed E-state index contributed by atoms with van der Waals surface area (Å²) >= 11 is 0. The van der Waals surface area contributed by atoms with Crippen molar-refractivity contribution in [2.75, 3.05) is 6.61 Å². The van der Waals surface area contributed by atoms with Crippen LogP contribution in [0.3, 0.4) is 0 Å². The molecule has 0 bridgehead atoms. The number of rotatable bonds is 4. The van der Waals surface area contributed by atoms with E-state index in [9.17, 15) is 9.90 Å². The van der Waals surface area contributed by atoms with E-state index in [4.69, 9.17) is 9.84 Å². The van der Waals surface area contributed by atoms with Crippen molar-refractivity contribution in [1.82, 2.24) is 4.98 Å². The van der Waals surface area contributed by atoms with E-state index in [0.29, 0.717) is 11.3 Å². The fourth-order valence-corrected chi connectivity index (χ4v) is 1.47. The molecule has 0 saturated carbocycles. The van der Waals surface area contributed by atoms with Gasteiger partial charge in [0.2, 0.25) is 0 Å². The summed E-state index contributed by atoms with van der Waals surface area (Å²) in [5.74, 6) is -0.870. The summed E-state index contributed by atoms with van der Waals surface area (Å²) in [6.07, 6.45) is 1.63. The third-order valence-corrected chi connectivity index (χ3v) is 2.57. The Morgan fingerprint density at radius 3 is 2.83 bits per heavy atom. The highest BCUT2D eigenvalue weighted by molar-refractivity contribution is 5.84. The molecule has 5 heteroatoms. The van der Waals surface area contributed by atoms with Crippen molar-refractivity contribution in [3.05, 3.63) is 36.5 Å². The average molecular weight is 247 g/mol. The zero-order valence-corrected chi connectivity index (χ0v) is 9.83. The molecule has 0 spiro atoms. The molecule has 0 radical (unpaired) electrons. The first-order valence-electron chi connectivity index (χ1n) is 5.43. The number of para-hydroxylation sites is 1. The number of nitrogens with zero attached hydrogens (tertiary/aromatic N) is 1. The molecule has 2 aromatic rings. The lowest BCUT2D eigenvalue weighted by Crippen LogP contribution is -2.41. The van der Waals surface area contributed by atoms with Gasteiger partial charge in [-0.1, -0.05) is 18.2 Å². The van der Waals surface area contributed by atoms with Crippen molar-refractivity contribution >= 4 is 16.9 Å². The fraction of sp³-hybridized carbons (Fsp3) is 0.231. The number of carbonyl (C=O) groups is 1. The van der Waals surface area contributed by atoms with Gasteiger partial charge in [-0.15, -0.1) is 0 Å². The van der Waals surface area contributed by atoms with Crippen LogP contribution < -0.4 is 4.74 Å². The first-order chi connectivity index (χ1) is 8.50. The van der Waals surface area contributed by atoms with Crippen LogP contribution in [0.25, 0.3) is 10.9 Å². The predicted molar refractivity (Wildman–Crippen MR) is 65.5 cm³/mol. The van der Waals surface area contributed by atoms with E-state index in [-0.39, 0.29) is 6.61 Å². The normalized spacial score (nSPS) is 14.1. The van der Waals surface area contributed by atoms with Crippen molar-refractivity contribution in [1.29, 1.82) is 0 Å². The molecule has 1 aromatic carbocycles. The second-order valence-corrected chi connectivity index (χ2v) is 4.20. The van der Waals surface area contributed by atoms with E-state index in [1.165, 1.54) is 6.92 Å². The Labute approximate surface area is 104 Å². The molecule has 0 saturated heterocycles. The quantitative estimate of drug-likeness (QED) is 0.854. The highest BCUT2D eigenvalue weighted by Gasteiger charge is 2.31. The summed E-state index contributed by atoms with van der Waals surface area (Å²) < 4.78 is 5.35. The molecule has 0 aliphatic rings. The number of ether oxygens (including phenoxy) is 1. The number of benzene rings is 1. The Morgan fingerprint density at radius 2 is 2.11 bits per heavy atom. The zero-order chi connectivity index (χ0) is 13.2. The van der Waals surface area contributed by atoms with E-state index in [1.54, 1.807) is 24.4 Å². The van der Waals surface area contributed by atoms with Gasteiger partial charge in [-0.2, -0.15) is 0 Å². The van der Waals surface area contributed by atoms with Crippen LogP contribution in [0.1, 0.15) is 6.92 Å². The fourth-order valence-electron chi connectivity index (χ4n) is 1.47. The van der Waals surface area contributed by atoms with Gasteiger partial charge in [0.05, 0.1) is 0 Å². The topological polar surface area (TPSA) is 79.7 Å². The van der Waals surface area contributed by atoms with Gasteiger partial charge in [-0.3, -0.25) is 4.98 Å². The standard InChI is InChI=1S/C13H13NO4/c1-13(17,12(15)16)8-18-10-6-2-4-9-5-3-7-14-11(9)10/h2-7,17H,8H2,1H3,(H,15,16). The van der Waals surface area contributed by atoms with Crippen LogP contribution in [0.15, 0.2) is 36.5 Å². The maximum atomic E-state index is 10.8. The summed E-state index contributed by atoms with van der Waals surface area (Å²) in [5.41, 5.74) is -1.28. The van der Waals surface area contributed by atoms with E-state index >= 15 is 0 Å². The molecule has 1 unspecified atom stereocenters. The number of carboxylic acids is 1. The number of hydrogen-bond donors (Lipinski definition) is 2. The lowest BCUT2D eigenvalue weighted by molar-refractivity contribution is -0.159.